The quantitative estimate of drug-likeness (QED) is 0.715. The normalized spacial score (nSPS) is 21.3. The number of benzene rings is 2. The molecule has 7 heteroatoms. The fraction of sp³-hybridized carbons (Fsp3) is 0.350. The summed E-state index contributed by atoms with van der Waals surface area (Å²) in [6.45, 7) is 1.84. The summed E-state index contributed by atoms with van der Waals surface area (Å²) in [5.41, 5.74) is 1.71. The highest BCUT2D eigenvalue weighted by molar-refractivity contribution is 7.89. The molecule has 2 aromatic carbocycles. The van der Waals surface area contributed by atoms with Crippen LogP contribution >= 0.6 is 0 Å². The van der Waals surface area contributed by atoms with Crippen LogP contribution in [0.2, 0.25) is 0 Å². The molecule has 0 spiro atoms. The lowest BCUT2D eigenvalue weighted by atomic mass is 9.87. The van der Waals surface area contributed by atoms with Crippen LogP contribution in [0, 0.1) is 12.8 Å². The molecular formula is C20H21F2NO3S. The number of halogens is 2. The van der Waals surface area contributed by atoms with Gasteiger partial charge in [-0.2, -0.15) is 4.31 Å². The molecule has 1 saturated heterocycles. The number of piperidine rings is 1. The van der Waals surface area contributed by atoms with Gasteiger partial charge in [-0.15, -0.1) is 0 Å². The van der Waals surface area contributed by atoms with Gasteiger partial charge in [-0.3, -0.25) is 4.79 Å². The lowest BCUT2D eigenvalue weighted by Crippen LogP contribution is -2.42. The van der Waals surface area contributed by atoms with Crippen molar-refractivity contribution >= 4 is 16.3 Å². The molecule has 4 nitrogen and oxygen atoms in total. The predicted molar refractivity (Wildman–Crippen MR) is 98.4 cm³/mol. The molecule has 1 aliphatic heterocycles. The number of aldehydes is 1. The summed E-state index contributed by atoms with van der Waals surface area (Å²) < 4.78 is 54.4. The molecule has 0 aliphatic carbocycles. The fourth-order valence-corrected chi connectivity index (χ4v) is 5.17. The molecule has 2 aromatic rings. The predicted octanol–water partition coefficient (Wildman–Crippen LogP) is 4.21. The number of carbonyl (C=O) groups excluding carboxylic acids is 1. The van der Waals surface area contributed by atoms with E-state index in [-0.39, 0.29) is 24.3 Å². The third kappa shape index (κ3) is 3.94. The summed E-state index contributed by atoms with van der Waals surface area (Å²) in [7, 11) is -3.88. The SMILES string of the molecule is Cc1ccc(S(=O)(=O)N2CCC(C(F)F)CC2c2ccccc2C=O)cc1. The molecule has 27 heavy (non-hydrogen) atoms. The Morgan fingerprint density at radius 3 is 2.41 bits per heavy atom. The van der Waals surface area contributed by atoms with Crippen LogP contribution in [0.25, 0.3) is 0 Å². The van der Waals surface area contributed by atoms with E-state index in [1.807, 2.05) is 6.92 Å². The maximum atomic E-state index is 13.3. The topological polar surface area (TPSA) is 54.5 Å². The van der Waals surface area contributed by atoms with E-state index in [4.69, 9.17) is 0 Å². The molecule has 3 rings (SSSR count). The van der Waals surface area contributed by atoms with Crippen molar-refractivity contribution in [2.24, 2.45) is 5.92 Å². The summed E-state index contributed by atoms with van der Waals surface area (Å²) in [5, 5.41) is 0. The standard InChI is InChI=1S/C20H21F2NO3S/c1-14-6-8-17(9-7-14)27(25,26)23-11-10-15(20(21)22)12-19(23)18-5-3-2-4-16(18)13-24/h2-9,13,15,19-20H,10-12H2,1H3. The van der Waals surface area contributed by atoms with Gasteiger partial charge in [0.2, 0.25) is 16.4 Å². The summed E-state index contributed by atoms with van der Waals surface area (Å²) in [6, 6.07) is 12.2. The Morgan fingerprint density at radius 1 is 1.11 bits per heavy atom. The minimum atomic E-state index is -3.88. The molecule has 2 atom stereocenters. The van der Waals surface area contributed by atoms with Gasteiger partial charge in [0, 0.05) is 18.0 Å². The Balaban J connectivity index is 2.06. The van der Waals surface area contributed by atoms with E-state index in [0.717, 1.165) is 5.56 Å². The van der Waals surface area contributed by atoms with Gasteiger partial charge in [-0.1, -0.05) is 42.0 Å². The molecule has 2 unspecified atom stereocenters. The van der Waals surface area contributed by atoms with Crippen molar-refractivity contribution in [3.8, 4) is 0 Å². The second-order valence-electron chi connectivity index (χ2n) is 6.81. The smallest absolute Gasteiger partial charge is 0.243 e. The largest absolute Gasteiger partial charge is 0.298 e. The number of hydrogen-bond acceptors (Lipinski definition) is 3. The number of aryl methyl sites for hydroxylation is 1. The minimum absolute atomic E-state index is 0.0108. The van der Waals surface area contributed by atoms with Crippen molar-refractivity contribution < 1.29 is 22.0 Å². The van der Waals surface area contributed by atoms with E-state index in [9.17, 15) is 22.0 Å². The lowest BCUT2D eigenvalue weighted by molar-refractivity contribution is 0.0323. The van der Waals surface area contributed by atoms with Gasteiger partial charge in [0.05, 0.1) is 10.9 Å². The summed E-state index contributed by atoms with van der Waals surface area (Å²) in [5.74, 6) is -0.904. The monoisotopic (exact) mass is 393 g/mol. The Bertz CT molecular complexity index is 913. The molecular weight excluding hydrogens is 372 g/mol. The average molecular weight is 393 g/mol. The molecule has 0 amide bonds. The van der Waals surface area contributed by atoms with Crippen LogP contribution in [0.5, 0.6) is 0 Å². The van der Waals surface area contributed by atoms with Gasteiger partial charge in [0.15, 0.2) is 0 Å². The Hall–Kier alpha value is -2.12. The molecule has 0 aromatic heterocycles. The Morgan fingerprint density at radius 2 is 1.78 bits per heavy atom. The maximum absolute atomic E-state index is 13.3. The third-order valence-electron chi connectivity index (χ3n) is 5.06. The van der Waals surface area contributed by atoms with E-state index in [0.29, 0.717) is 17.4 Å². The molecule has 1 heterocycles. The highest BCUT2D eigenvalue weighted by Crippen LogP contribution is 2.40. The lowest BCUT2D eigenvalue weighted by Gasteiger charge is -2.39. The van der Waals surface area contributed by atoms with E-state index < -0.39 is 28.4 Å². The molecule has 0 bridgehead atoms. The first-order valence-corrected chi connectivity index (χ1v) is 10.2. The van der Waals surface area contributed by atoms with Crippen LogP contribution < -0.4 is 0 Å². The summed E-state index contributed by atoms with van der Waals surface area (Å²) in [4.78, 5) is 11.6. The highest BCUT2D eigenvalue weighted by atomic mass is 32.2. The molecule has 0 radical (unpaired) electrons. The van der Waals surface area contributed by atoms with E-state index >= 15 is 0 Å². The number of nitrogens with zero attached hydrogens (tertiary/aromatic N) is 1. The summed E-state index contributed by atoms with van der Waals surface area (Å²) in [6.07, 6.45) is -1.83. The number of carbonyl (C=O) groups is 1. The van der Waals surface area contributed by atoms with Gasteiger partial charge in [0.1, 0.15) is 6.29 Å². The third-order valence-corrected chi connectivity index (χ3v) is 6.98. The zero-order valence-corrected chi connectivity index (χ0v) is 15.7. The van der Waals surface area contributed by atoms with Crippen LogP contribution in [-0.2, 0) is 10.0 Å². The van der Waals surface area contributed by atoms with Crippen LogP contribution in [-0.4, -0.2) is 32.0 Å². The molecule has 1 aliphatic rings. The first-order valence-electron chi connectivity index (χ1n) is 8.75. The Kier molecular flexibility index (Phi) is 5.72. The fourth-order valence-electron chi connectivity index (χ4n) is 3.54. The zero-order chi connectivity index (χ0) is 19.6. The van der Waals surface area contributed by atoms with Crippen molar-refractivity contribution in [3.63, 3.8) is 0 Å². The van der Waals surface area contributed by atoms with Gasteiger partial charge in [-0.25, -0.2) is 17.2 Å². The number of rotatable bonds is 5. The maximum Gasteiger partial charge on any atom is 0.243 e. The van der Waals surface area contributed by atoms with Crippen LogP contribution in [0.15, 0.2) is 53.4 Å². The van der Waals surface area contributed by atoms with Gasteiger partial charge < -0.3 is 0 Å². The first-order chi connectivity index (χ1) is 12.8. The van der Waals surface area contributed by atoms with Crippen molar-refractivity contribution in [2.45, 2.75) is 37.1 Å². The second-order valence-corrected chi connectivity index (χ2v) is 8.70. The average Bonchev–Trinajstić information content (AvgIpc) is 2.67. The van der Waals surface area contributed by atoms with E-state index in [1.165, 1.54) is 16.4 Å². The highest BCUT2D eigenvalue weighted by Gasteiger charge is 2.40. The number of alkyl halides is 2. The molecule has 0 saturated carbocycles. The first kappa shape index (κ1) is 19.6. The summed E-state index contributed by atoms with van der Waals surface area (Å²) >= 11 is 0. The second kappa shape index (κ2) is 7.86. The van der Waals surface area contributed by atoms with Crippen molar-refractivity contribution in [3.05, 3.63) is 65.2 Å². The molecule has 1 fully saturated rings. The zero-order valence-electron chi connectivity index (χ0n) is 14.9. The van der Waals surface area contributed by atoms with Gasteiger partial charge in [-0.05, 0) is 37.5 Å². The van der Waals surface area contributed by atoms with E-state index in [2.05, 4.69) is 0 Å². The van der Waals surface area contributed by atoms with Crippen LogP contribution in [0.4, 0.5) is 8.78 Å². The van der Waals surface area contributed by atoms with Crippen molar-refractivity contribution in [2.75, 3.05) is 6.54 Å². The number of hydrogen-bond donors (Lipinski definition) is 0. The Labute approximate surface area is 157 Å². The van der Waals surface area contributed by atoms with Crippen molar-refractivity contribution in [1.82, 2.24) is 4.31 Å². The molecule has 144 valence electrons. The van der Waals surface area contributed by atoms with Gasteiger partial charge in [0.25, 0.3) is 0 Å². The van der Waals surface area contributed by atoms with Crippen molar-refractivity contribution in [1.29, 1.82) is 0 Å². The van der Waals surface area contributed by atoms with Gasteiger partial charge >= 0.3 is 0 Å². The molecule has 0 N–H and O–H groups in total. The van der Waals surface area contributed by atoms with Crippen LogP contribution in [0.3, 0.4) is 0 Å². The minimum Gasteiger partial charge on any atom is -0.298 e. The van der Waals surface area contributed by atoms with E-state index in [1.54, 1.807) is 36.4 Å². The number of sulfonamides is 1. The van der Waals surface area contributed by atoms with Crippen LogP contribution in [0.1, 0.15) is 40.4 Å².